The van der Waals surface area contributed by atoms with Crippen LogP contribution >= 0.6 is 0 Å². The number of ether oxygens (including phenoxy) is 2. The van der Waals surface area contributed by atoms with Crippen LogP contribution in [0, 0.1) is 11.3 Å². The predicted octanol–water partition coefficient (Wildman–Crippen LogP) is 1.33. The van der Waals surface area contributed by atoms with Crippen molar-refractivity contribution in [2.75, 3.05) is 6.61 Å². The van der Waals surface area contributed by atoms with Crippen molar-refractivity contribution >= 4 is 5.97 Å². The Hall–Kier alpha value is -3.21. The van der Waals surface area contributed by atoms with Crippen LogP contribution in [0.3, 0.4) is 0 Å². The van der Waals surface area contributed by atoms with Crippen molar-refractivity contribution in [1.29, 1.82) is 5.26 Å². The van der Waals surface area contributed by atoms with Gasteiger partial charge in [-0.2, -0.15) is 5.26 Å². The molecule has 3 rings (SSSR count). The van der Waals surface area contributed by atoms with Crippen LogP contribution in [0.4, 0.5) is 0 Å². The summed E-state index contributed by atoms with van der Waals surface area (Å²) in [6, 6.07) is 5.48. The largest absolute Gasteiger partial charge is 0.468 e. The molecule has 2 aromatic heterocycles. The normalized spacial score (nSPS) is 16.4. The van der Waals surface area contributed by atoms with E-state index in [0.717, 1.165) is 0 Å². The molecule has 1 unspecified atom stereocenters. The molecule has 1 aliphatic rings. The quantitative estimate of drug-likeness (QED) is 0.815. The van der Waals surface area contributed by atoms with Gasteiger partial charge in [0.15, 0.2) is 0 Å². The summed E-state index contributed by atoms with van der Waals surface area (Å²) >= 11 is 0. The van der Waals surface area contributed by atoms with Gasteiger partial charge >= 0.3 is 5.97 Å². The molecule has 3 N–H and O–H groups in total. The number of nitrogens with zero attached hydrogens (tertiary/aromatic N) is 2. The number of carbonyl (C=O) groups excluding carboxylic acids is 1. The number of nitrogens with two attached hydrogens (primary N) is 1. The van der Waals surface area contributed by atoms with E-state index in [2.05, 4.69) is 10.2 Å². The number of rotatable bonds is 4. The van der Waals surface area contributed by atoms with Crippen molar-refractivity contribution in [2.24, 2.45) is 5.73 Å². The SMILES string of the molecule is CCOC(=O)Cc1[nH]nc2c1C(c1ccco1)C(C#N)=C(N)O2. The molecule has 0 spiro atoms. The van der Waals surface area contributed by atoms with Gasteiger partial charge in [-0.05, 0) is 19.1 Å². The average molecular weight is 314 g/mol. The Morgan fingerprint density at radius 3 is 3.09 bits per heavy atom. The zero-order valence-electron chi connectivity index (χ0n) is 12.3. The van der Waals surface area contributed by atoms with E-state index in [1.807, 2.05) is 6.07 Å². The first-order valence-corrected chi connectivity index (χ1v) is 6.99. The van der Waals surface area contributed by atoms with Crippen LogP contribution in [0.15, 0.2) is 34.3 Å². The molecule has 0 amide bonds. The smallest absolute Gasteiger partial charge is 0.311 e. The third-order valence-electron chi connectivity index (χ3n) is 3.47. The summed E-state index contributed by atoms with van der Waals surface area (Å²) in [6.07, 6.45) is 1.48. The number of aromatic amines is 1. The molecule has 0 fully saturated rings. The van der Waals surface area contributed by atoms with E-state index in [-0.39, 0.29) is 30.4 Å². The van der Waals surface area contributed by atoms with Crippen LogP contribution in [0.5, 0.6) is 5.88 Å². The fraction of sp³-hybridized carbons (Fsp3) is 0.267. The Morgan fingerprint density at radius 1 is 1.61 bits per heavy atom. The van der Waals surface area contributed by atoms with Crippen LogP contribution in [0.1, 0.15) is 29.9 Å². The Morgan fingerprint density at radius 2 is 2.43 bits per heavy atom. The highest BCUT2D eigenvalue weighted by molar-refractivity contribution is 5.73. The van der Waals surface area contributed by atoms with E-state index in [1.165, 1.54) is 6.26 Å². The third-order valence-corrected chi connectivity index (χ3v) is 3.47. The van der Waals surface area contributed by atoms with Gasteiger partial charge < -0.3 is 19.6 Å². The first-order valence-electron chi connectivity index (χ1n) is 6.99. The van der Waals surface area contributed by atoms with Gasteiger partial charge in [0.25, 0.3) is 0 Å². The lowest BCUT2D eigenvalue weighted by molar-refractivity contribution is -0.142. The molecule has 0 aromatic carbocycles. The summed E-state index contributed by atoms with van der Waals surface area (Å²) in [6.45, 7) is 2.01. The van der Waals surface area contributed by atoms with Gasteiger partial charge in [0.1, 0.15) is 17.4 Å². The Labute approximate surface area is 131 Å². The predicted molar refractivity (Wildman–Crippen MR) is 76.9 cm³/mol. The van der Waals surface area contributed by atoms with Crippen LogP contribution in [0.25, 0.3) is 0 Å². The second-order valence-corrected chi connectivity index (χ2v) is 4.84. The summed E-state index contributed by atoms with van der Waals surface area (Å²) < 4.78 is 15.8. The lowest BCUT2D eigenvalue weighted by Crippen LogP contribution is -2.21. The van der Waals surface area contributed by atoms with E-state index in [4.69, 9.17) is 19.6 Å². The molecular formula is C15H14N4O4. The topological polar surface area (TPSA) is 127 Å². The molecule has 2 aromatic rings. The Bertz CT molecular complexity index is 798. The molecule has 8 nitrogen and oxygen atoms in total. The van der Waals surface area contributed by atoms with E-state index in [0.29, 0.717) is 17.0 Å². The molecule has 118 valence electrons. The molecule has 0 bridgehead atoms. The summed E-state index contributed by atoms with van der Waals surface area (Å²) in [5, 5.41) is 16.2. The highest BCUT2D eigenvalue weighted by atomic mass is 16.5. The minimum atomic E-state index is -0.582. The van der Waals surface area contributed by atoms with Gasteiger partial charge in [0.2, 0.25) is 11.8 Å². The maximum atomic E-state index is 11.8. The van der Waals surface area contributed by atoms with E-state index in [1.54, 1.807) is 19.1 Å². The van der Waals surface area contributed by atoms with Gasteiger partial charge in [0.05, 0.1) is 36.5 Å². The first kappa shape index (κ1) is 14.7. The number of carbonyl (C=O) groups is 1. The average Bonchev–Trinajstić information content (AvgIpc) is 3.16. The minimum absolute atomic E-state index is 0.0185. The highest BCUT2D eigenvalue weighted by Gasteiger charge is 2.37. The Balaban J connectivity index is 2.07. The molecular weight excluding hydrogens is 300 g/mol. The molecule has 0 radical (unpaired) electrons. The number of allylic oxidation sites excluding steroid dienone is 1. The molecule has 0 aliphatic carbocycles. The number of esters is 1. The number of hydrogen-bond acceptors (Lipinski definition) is 7. The van der Waals surface area contributed by atoms with E-state index in [9.17, 15) is 10.1 Å². The number of nitriles is 1. The fourth-order valence-corrected chi connectivity index (χ4v) is 2.54. The van der Waals surface area contributed by atoms with Gasteiger partial charge in [0, 0.05) is 0 Å². The molecule has 1 aliphatic heterocycles. The fourth-order valence-electron chi connectivity index (χ4n) is 2.54. The number of aromatic nitrogens is 2. The van der Waals surface area contributed by atoms with E-state index < -0.39 is 11.9 Å². The lowest BCUT2D eigenvalue weighted by Gasteiger charge is -2.21. The van der Waals surface area contributed by atoms with Crippen molar-refractivity contribution in [1.82, 2.24) is 10.2 Å². The lowest BCUT2D eigenvalue weighted by atomic mass is 9.87. The third kappa shape index (κ3) is 2.53. The standard InChI is InChI=1S/C15H14N4O4/c1-2-21-11(20)6-9-13-12(10-4-3-5-22-10)8(7-16)14(17)23-15(13)19-18-9/h3-5,12H,2,6,17H2,1H3,(H,18,19). The van der Waals surface area contributed by atoms with Gasteiger partial charge in [-0.1, -0.05) is 0 Å². The second kappa shape index (κ2) is 5.88. The monoisotopic (exact) mass is 314 g/mol. The van der Waals surface area contributed by atoms with Gasteiger partial charge in [-0.3, -0.25) is 9.89 Å². The van der Waals surface area contributed by atoms with Crippen LogP contribution in [-0.2, 0) is 16.0 Å². The van der Waals surface area contributed by atoms with Crippen molar-refractivity contribution < 1.29 is 18.7 Å². The maximum absolute atomic E-state index is 11.8. The minimum Gasteiger partial charge on any atom is -0.468 e. The van der Waals surface area contributed by atoms with Gasteiger partial charge in [-0.25, -0.2) is 0 Å². The molecule has 0 saturated heterocycles. The summed E-state index contributed by atoms with van der Waals surface area (Å²) in [4.78, 5) is 11.8. The van der Waals surface area contributed by atoms with Crippen LogP contribution in [0.2, 0.25) is 0 Å². The summed E-state index contributed by atoms with van der Waals surface area (Å²) in [5.41, 5.74) is 7.07. The van der Waals surface area contributed by atoms with Crippen molar-refractivity contribution in [3.8, 4) is 11.9 Å². The number of H-pyrrole nitrogens is 1. The molecule has 0 saturated carbocycles. The Kier molecular flexibility index (Phi) is 3.76. The number of fused-ring (bicyclic) bond motifs is 1. The van der Waals surface area contributed by atoms with Gasteiger partial charge in [-0.15, -0.1) is 5.10 Å². The molecule has 23 heavy (non-hydrogen) atoms. The summed E-state index contributed by atoms with van der Waals surface area (Å²) in [7, 11) is 0. The maximum Gasteiger partial charge on any atom is 0.311 e. The van der Waals surface area contributed by atoms with Crippen LogP contribution < -0.4 is 10.5 Å². The first-order chi connectivity index (χ1) is 11.2. The molecule has 3 heterocycles. The van der Waals surface area contributed by atoms with Crippen molar-refractivity contribution in [3.05, 3.63) is 46.9 Å². The number of furan rings is 1. The van der Waals surface area contributed by atoms with Crippen molar-refractivity contribution in [2.45, 2.75) is 19.3 Å². The number of nitrogens with one attached hydrogen (secondary N) is 1. The number of hydrogen-bond donors (Lipinski definition) is 2. The zero-order chi connectivity index (χ0) is 16.4. The van der Waals surface area contributed by atoms with Crippen molar-refractivity contribution in [3.63, 3.8) is 0 Å². The van der Waals surface area contributed by atoms with E-state index >= 15 is 0 Å². The second-order valence-electron chi connectivity index (χ2n) is 4.84. The zero-order valence-corrected chi connectivity index (χ0v) is 12.3. The van der Waals surface area contributed by atoms with Crippen LogP contribution in [-0.4, -0.2) is 22.8 Å². The molecule has 1 atom stereocenters. The summed E-state index contributed by atoms with van der Waals surface area (Å²) in [5.74, 6) is -0.279. The highest BCUT2D eigenvalue weighted by Crippen LogP contribution is 2.42. The molecule has 8 heteroatoms.